The maximum Gasteiger partial charge on any atom is 0.418 e. The van der Waals surface area contributed by atoms with Crippen molar-refractivity contribution in [1.82, 2.24) is 4.90 Å². The molecule has 0 aromatic heterocycles. The molecule has 24 heavy (non-hydrogen) atoms. The second kappa shape index (κ2) is 6.25. The number of para-hydroxylation sites is 1. The molecular weight excluding hydrogens is 325 g/mol. The van der Waals surface area contributed by atoms with Crippen molar-refractivity contribution >= 4 is 11.7 Å². The van der Waals surface area contributed by atoms with Gasteiger partial charge in [-0.3, -0.25) is 0 Å². The van der Waals surface area contributed by atoms with Crippen LogP contribution in [0.1, 0.15) is 12.0 Å². The van der Waals surface area contributed by atoms with Crippen molar-refractivity contribution in [3.8, 4) is 0 Å². The monoisotopic (exact) mass is 344 g/mol. The highest BCUT2D eigenvalue weighted by Crippen LogP contribution is 2.41. The highest BCUT2D eigenvalue weighted by molar-refractivity contribution is 5.90. The maximum absolute atomic E-state index is 13.0. The van der Waals surface area contributed by atoms with Crippen molar-refractivity contribution in [2.75, 3.05) is 38.2 Å². The Bertz CT molecular complexity index is 623. The van der Waals surface area contributed by atoms with Crippen LogP contribution in [0.3, 0.4) is 0 Å². The van der Waals surface area contributed by atoms with Gasteiger partial charge in [0.2, 0.25) is 0 Å². The van der Waals surface area contributed by atoms with Gasteiger partial charge >= 0.3 is 12.2 Å². The molecule has 2 fully saturated rings. The summed E-state index contributed by atoms with van der Waals surface area (Å²) in [6.07, 6.45) is -3.81. The molecule has 0 radical (unpaired) electrons. The Labute approximate surface area is 137 Å². The molecule has 0 bridgehead atoms. The van der Waals surface area contributed by atoms with Crippen molar-refractivity contribution < 1.29 is 27.8 Å². The van der Waals surface area contributed by atoms with Crippen LogP contribution in [0.4, 0.5) is 23.7 Å². The number of alkyl halides is 3. The van der Waals surface area contributed by atoms with Crippen LogP contribution in [-0.2, 0) is 10.9 Å². The van der Waals surface area contributed by atoms with Crippen LogP contribution in [0.2, 0.25) is 0 Å². The standard InChI is InChI=1S/C16H19F3N2O3/c17-16(18,19)12-3-1-2-4-13(12)20-14(23)21-7-11-5-6-24-10-15(11,8-21)9-22/h1-4,11,22H,5-10H2,(H,20,23)/t11-,15+/m0/s1. The fourth-order valence-corrected chi connectivity index (χ4v) is 3.51. The van der Waals surface area contributed by atoms with Crippen molar-refractivity contribution in [1.29, 1.82) is 0 Å². The van der Waals surface area contributed by atoms with Crippen molar-refractivity contribution in [3.63, 3.8) is 0 Å². The number of hydrogen-bond acceptors (Lipinski definition) is 3. The molecule has 8 heteroatoms. The molecule has 2 heterocycles. The molecule has 2 amide bonds. The number of nitrogens with zero attached hydrogens (tertiary/aromatic N) is 1. The van der Waals surface area contributed by atoms with E-state index in [9.17, 15) is 23.1 Å². The lowest BCUT2D eigenvalue weighted by Crippen LogP contribution is -2.43. The second-order valence-corrected chi connectivity index (χ2v) is 6.41. The molecule has 2 aliphatic heterocycles. The van der Waals surface area contributed by atoms with Crippen LogP contribution in [0.15, 0.2) is 24.3 Å². The average Bonchev–Trinajstić information content (AvgIpc) is 2.94. The highest BCUT2D eigenvalue weighted by Gasteiger charge is 2.49. The first-order chi connectivity index (χ1) is 11.4. The van der Waals surface area contributed by atoms with Crippen LogP contribution in [0, 0.1) is 11.3 Å². The number of hydrogen-bond donors (Lipinski definition) is 2. The van der Waals surface area contributed by atoms with Gasteiger partial charge in [-0.1, -0.05) is 12.1 Å². The molecule has 5 nitrogen and oxygen atoms in total. The first-order valence-corrected chi connectivity index (χ1v) is 7.76. The number of carbonyl (C=O) groups is 1. The number of aliphatic hydroxyl groups excluding tert-OH is 1. The number of fused-ring (bicyclic) bond motifs is 1. The minimum Gasteiger partial charge on any atom is -0.396 e. The summed E-state index contributed by atoms with van der Waals surface area (Å²) in [6.45, 7) is 1.49. The van der Waals surface area contributed by atoms with Gasteiger partial charge in [-0.15, -0.1) is 0 Å². The SMILES string of the molecule is O=C(Nc1ccccc1C(F)(F)F)N1C[C@@H]2CCOC[C@]2(CO)C1. The topological polar surface area (TPSA) is 61.8 Å². The van der Waals surface area contributed by atoms with Gasteiger partial charge in [0.25, 0.3) is 0 Å². The first kappa shape index (κ1) is 17.0. The Morgan fingerprint density at radius 1 is 1.42 bits per heavy atom. The van der Waals surface area contributed by atoms with Gasteiger partial charge in [0.05, 0.1) is 24.5 Å². The largest absolute Gasteiger partial charge is 0.418 e. The Balaban J connectivity index is 1.75. The maximum atomic E-state index is 13.0. The minimum absolute atomic E-state index is 0.0971. The average molecular weight is 344 g/mol. The van der Waals surface area contributed by atoms with Gasteiger partial charge < -0.3 is 20.1 Å². The molecule has 3 rings (SSSR count). The van der Waals surface area contributed by atoms with Crippen LogP contribution < -0.4 is 5.32 Å². The summed E-state index contributed by atoms with van der Waals surface area (Å²) in [7, 11) is 0. The van der Waals surface area contributed by atoms with Gasteiger partial charge in [0.15, 0.2) is 0 Å². The highest BCUT2D eigenvalue weighted by atomic mass is 19.4. The smallest absolute Gasteiger partial charge is 0.396 e. The summed E-state index contributed by atoms with van der Waals surface area (Å²) in [5.41, 5.74) is -1.66. The molecule has 2 saturated heterocycles. The zero-order valence-corrected chi connectivity index (χ0v) is 13.0. The number of rotatable bonds is 2. The Hall–Kier alpha value is -1.80. The number of benzene rings is 1. The van der Waals surface area contributed by atoms with E-state index in [1.54, 1.807) is 0 Å². The zero-order valence-electron chi connectivity index (χ0n) is 13.0. The van der Waals surface area contributed by atoms with Gasteiger partial charge in [0, 0.05) is 25.1 Å². The predicted molar refractivity (Wildman–Crippen MR) is 80.5 cm³/mol. The summed E-state index contributed by atoms with van der Waals surface area (Å²) < 4.78 is 44.5. The van der Waals surface area contributed by atoms with E-state index < -0.39 is 23.2 Å². The number of urea groups is 1. The molecule has 2 N–H and O–H groups in total. The van der Waals surface area contributed by atoms with Crippen molar-refractivity contribution in [3.05, 3.63) is 29.8 Å². The Kier molecular flexibility index (Phi) is 4.44. The first-order valence-electron chi connectivity index (χ1n) is 7.76. The predicted octanol–water partition coefficient (Wildman–Crippen LogP) is 2.57. The van der Waals surface area contributed by atoms with E-state index in [1.807, 2.05) is 0 Å². The molecule has 2 aliphatic rings. The Morgan fingerprint density at radius 2 is 2.17 bits per heavy atom. The molecule has 1 aromatic rings. The number of likely N-dealkylation sites (tertiary alicyclic amines) is 1. The third-order valence-corrected chi connectivity index (χ3v) is 4.89. The van der Waals surface area contributed by atoms with Gasteiger partial charge in [-0.2, -0.15) is 13.2 Å². The molecular formula is C16H19F3N2O3. The summed E-state index contributed by atoms with van der Waals surface area (Å²) >= 11 is 0. The van der Waals surface area contributed by atoms with E-state index in [2.05, 4.69) is 5.32 Å². The molecule has 1 aromatic carbocycles. The lowest BCUT2D eigenvalue weighted by Gasteiger charge is -2.36. The van der Waals surface area contributed by atoms with E-state index in [0.717, 1.165) is 12.5 Å². The number of halogens is 3. The summed E-state index contributed by atoms with van der Waals surface area (Å²) in [5.74, 6) is 0.0971. The van der Waals surface area contributed by atoms with Gasteiger partial charge in [-0.25, -0.2) is 4.79 Å². The van der Waals surface area contributed by atoms with Crippen LogP contribution in [0.25, 0.3) is 0 Å². The fraction of sp³-hybridized carbons (Fsp3) is 0.562. The molecule has 0 aliphatic carbocycles. The molecule has 2 atom stereocenters. The zero-order chi connectivity index (χ0) is 17.4. The number of nitrogens with one attached hydrogen (secondary N) is 1. The number of aliphatic hydroxyl groups is 1. The van der Waals surface area contributed by atoms with E-state index in [4.69, 9.17) is 4.74 Å². The van der Waals surface area contributed by atoms with Crippen molar-refractivity contribution in [2.45, 2.75) is 12.6 Å². The fourth-order valence-electron chi connectivity index (χ4n) is 3.51. The van der Waals surface area contributed by atoms with Crippen molar-refractivity contribution in [2.24, 2.45) is 11.3 Å². The third kappa shape index (κ3) is 3.08. The van der Waals surface area contributed by atoms with Gasteiger partial charge in [0.1, 0.15) is 0 Å². The molecule has 0 unspecified atom stereocenters. The molecule has 0 saturated carbocycles. The molecule has 132 valence electrons. The van der Waals surface area contributed by atoms with Crippen LogP contribution in [0.5, 0.6) is 0 Å². The summed E-state index contributed by atoms with van der Waals surface area (Å²) in [5, 5.41) is 12.1. The Morgan fingerprint density at radius 3 is 2.83 bits per heavy atom. The second-order valence-electron chi connectivity index (χ2n) is 6.41. The van der Waals surface area contributed by atoms with E-state index in [-0.39, 0.29) is 24.8 Å². The normalized spacial score (nSPS) is 27.0. The lowest BCUT2D eigenvalue weighted by molar-refractivity contribution is -0.136. The quantitative estimate of drug-likeness (QED) is 0.867. The van der Waals surface area contributed by atoms with Gasteiger partial charge in [-0.05, 0) is 24.5 Å². The molecule has 0 spiro atoms. The number of amides is 2. The number of anilines is 1. The number of carbonyl (C=O) groups excluding carboxylic acids is 1. The van der Waals surface area contributed by atoms with E-state index in [1.165, 1.54) is 23.1 Å². The van der Waals surface area contributed by atoms with E-state index in [0.29, 0.717) is 19.8 Å². The van der Waals surface area contributed by atoms with E-state index >= 15 is 0 Å². The number of ether oxygens (including phenoxy) is 1. The van der Waals surface area contributed by atoms with Crippen LogP contribution >= 0.6 is 0 Å². The van der Waals surface area contributed by atoms with Crippen LogP contribution in [-0.4, -0.2) is 48.9 Å². The third-order valence-electron chi connectivity index (χ3n) is 4.89. The summed E-state index contributed by atoms with van der Waals surface area (Å²) in [4.78, 5) is 13.9. The lowest BCUT2D eigenvalue weighted by atomic mass is 9.76. The minimum atomic E-state index is -4.54. The summed E-state index contributed by atoms with van der Waals surface area (Å²) in [6, 6.07) is 4.30.